The van der Waals surface area contributed by atoms with Crippen molar-refractivity contribution in [1.29, 1.82) is 0 Å². The molecule has 1 aliphatic rings. The van der Waals surface area contributed by atoms with E-state index in [4.69, 9.17) is 5.11 Å². The molecule has 1 aliphatic heterocycles. The van der Waals surface area contributed by atoms with Crippen LogP contribution in [0.1, 0.15) is 20.3 Å². The Balaban J connectivity index is 2.48. The molecule has 12 heavy (non-hydrogen) atoms. The van der Waals surface area contributed by atoms with Gasteiger partial charge in [-0.25, -0.2) is 0 Å². The molecule has 2 atom stereocenters. The van der Waals surface area contributed by atoms with E-state index in [1.54, 1.807) is 0 Å². The number of carboxylic acid groups (broad SMARTS) is 1. The first-order valence-corrected chi connectivity index (χ1v) is 4.04. The number of β-lactam (4-membered cyclic amide) rings is 1. The summed E-state index contributed by atoms with van der Waals surface area (Å²) in [5, 5.41) is 11.1. The summed E-state index contributed by atoms with van der Waals surface area (Å²) in [7, 11) is 0. The molecule has 2 N–H and O–H groups in total. The van der Waals surface area contributed by atoms with Crippen LogP contribution in [-0.4, -0.2) is 23.0 Å². The van der Waals surface area contributed by atoms with E-state index in [0.29, 0.717) is 0 Å². The number of carboxylic acids is 1. The lowest BCUT2D eigenvalue weighted by Gasteiger charge is -2.38. The Morgan fingerprint density at radius 1 is 1.67 bits per heavy atom. The van der Waals surface area contributed by atoms with Crippen molar-refractivity contribution in [2.45, 2.75) is 26.3 Å². The van der Waals surface area contributed by atoms with E-state index in [2.05, 4.69) is 5.32 Å². The number of nitrogens with one attached hydrogen (secondary N) is 1. The van der Waals surface area contributed by atoms with E-state index in [-0.39, 0.29) is 30.2 Å². The minimum Gasteiger partial charge on any atom is -0.481 e. The van der Waals surface area contributed by atoms with E-state index < -0.39 is 5.97 Å². The number of hydrogen-bond donors (Lipinski definition) is 2. The molecule has 1 amide bonds. The van der Waals surface area contributed by atoms with Gasteiger partial charge in [0.1, 0.15) is 0 Å². The Morgan fingerprint density at radius 2 is 2.25 bits per heavy atom. The Bertz CT molecular complexity index is 212. The molecule has 0 unspecified atom stereocenters. The molecule has 0 radical (unpaired) electrons. The number of aliphatic carboxylic acids is 1. The topological polar surface area (TPSA) is 66.4 Å². The highest BCUT2D eigenvalue weighted by Gasteiger charge is 2.41. The SMILES string of the molecule is CC(C)[C@@H]1C(=O)N[C@H]1CC(=O)O. The Labute approximate surface area is 71.0 Å². The monoisotopic (exact) mass is 171 g/mol. The van der Waals surface area contributed by atoms with Gasteiger partial charge in [0.05, 0.1) is 18.4 Å². The largest absolute Gasteiger partial charge is 0.481 e. The molecule has 68 valence electrons. The summed E-state index contributed by atoms with van der Waals surface area (Å²) in [6.07, 6.45) is 0.0363. The summed E-state index contributed by atoms with van der Waals surface area (Å²) in [5.74, 6) is -0.758. The van der Waals surface area contributed by atoms with Crippen molar-refractivity contribution in [3.63, 3.8) is 0 Å². The summed E-state index contributed by atoms with van der Waals surface area (Å²) in [4.78, 5) is 21.3. The van der Waals surface area contributed by atoms with Crippen molar-refractivity contribution in [2.24, 2.45) is 11.8 Å². The molecule has 0 bridgehead atoms. The molecule has 1 fully saturated rings. The summed E-state index contributed by atoms with van der Waals surface area (Å²) < 4.78 is 0. The maximum atomic E-state index is 11.0. The highest BCUT2D eigenvalue weighted by Crippen LogP contribution is 2.25. The lowest BCUT2D eigenvalue weighted by molar-refractivity contribution is -0.144. The molecule has 4 heteroatoms. The molecule has 0 aromatic carbocycles. The van der Waals surface area contributed by atoms with Crippen LogP contribution in [0.15, 0.2) is 0 Å². The summed E-state index contributed by atoms with van der Waals surface area (Å²) in [6, 6.07) is -0.157. The molecule has 4 nitrogen and oxygen atoms in total. The fraction of sp³-hybridized carbons (Fsp3) is 0.750. The van der Waals surface area contributed by atoms with Gasteiger partial charge in [-0.1, -0.05) is 13.8 Å². The van der Waals surface area contributed by atoms with Gasteiger partial charge in [0.25, 0.3) is 0 Å². The maximum Gasteiger partial charge on any atom is 0.305 e. The zero-order valence-corrected chi connectivity index (χ0v) is 7.20. The number of rotatable bonds is 3. The van der Waals surface area contributed by atoms with Gasteiger partial charge < -0.3 is 10.4 Å². The first-order chi connectivity index (χ1) is 5.52. The molecule has 0 aliphatic carbocycles. The third-order valence-electron chi connectivity index (χ3n) is 2.18. The van der Waals surface area contributed by atoms with Gasteiger partial charge in [-0.2, -0.15) is 0 Å². The predicted octanol–water partition coefficient (Wildman–Crippen LogP) is 0.232. The van der Waals surface area contributed by atoms with Crippen molar-refractivity contribution < 1.29 is 14.7 Å². The third kappa shape index (κ3) is 1.57. The van der Waals surface area contributed by atoms with Crippen LogP contribution in [0.25, 0.3) is 0 Å². The fourth-order valence-corrected chi connectivity index (χ4v) is 1.59. The zero-order chi connectivity index (χ0) is 9.30. The van der Waals surface area contributed by atoms with Crippen LogP contribution in [0, 0.1) is 11.8 Å². The van der Waals surface area contributed by atoms with Crippen LogP contribution in [0.2, 0.25) is 0 Å². The van der Waals surface area contributed by atoms with Crippen molar-refractivity contribution in [3.8, 4) is 0 Å². The molecule has 0 aromatic heterocycles. The minimum atomic E-state index is -0.856. The molecule has 1 heterocycles. The first kappa shape index (κ1) is 9.03. The quantitative estimate of drug-likeness (QED) is 0.597. The van der Waals surface area contributed by atoms with Crippen LogP contribution in [0.4, 0.5) is 0 Å². The molecular formula is C8H13NO3. The van der Waals surface area contributed by atoms with Crippen LogP contribution >= 0.6 is 0 Å². The molecule has 0 saturated carbocycles. The maximum absolute atomic E-state index is 11.0. The summed E-state index contributed by atoms with van der Waals surface area (Å²) in [5.41, 5.74) is 0. The Hall–Kier alpha value is -1.06. The smallest absolute Gasteiger partial charge is 0.305 e. The predicted molar refractivity (Wildman–Crippen MR) is 42.5 cm³/mol. The fourth-order valence-electron chi connectivity index (χ4n) is 1.59. The van der Waals surface area contributed by atoms with Crippen LogP contribution in [0.3, 0.4) is 0 Å². The van der Waals surface area contributed by atoms with E-state index in [0.717, 1.165) is 0 Å². The standard InChI is InChI=1S/C8H13NO3/c1-4(2)7-5(3-6(10)11)9-8(7)12/h4-5,7H,3H2,1-2H3,(H,9,12)(H,10,11)/t5-,7-/m0/s1. The van der Waals surface area contributed by atoms with E-state index in [1.165, 1.54) is 0 Å². The second kappa shape index (κ2) is 3.13. The molecular weight excluding hydrogens is 158 g/mol. The van der Waals surface area contributed by atoms with Crippen molar-refractivity contribution in [3.05, 3.63) is 0 Å². The van der Waals surface area contributed by atoms with Crippen LogP contribution in [-0.2, 0) is 9.59 Å². The normalized spacial score (nSPS) is 28.1. The average Bonchev–Trinajstić information content (AvgIpc) is 1.82. The lowest BCUT2D eigenvalue weighted by atomic mass is 9.80. The van der Waals surface area contributed by atoms with Crippen LogP contribution < -0.4 is 5.32 Å². The van der Waals surface area contributed by atoms with E-state index in [1.807, 2.05) is 13.8 Å². The zero-order valence-electron chi connectivity index (χ0n) is 7.20. The number of carbonyl (C=O) groups is 2. The van der Waals surface area contributed by atoms with Crippen molar-refractivity contribution in [1.82, 2.24) is 5.32 Å². The highest BCUT2D eigenvalue weighted by atomic mass is 16.4. The second-order valence-corrected chi connectivity index (χ2v) is 3.48. The van der Waals surface area contributed by atoms with Crippen LogP contribution in [0.5, 0.6) is 0 Å². The molecule has 1 rings (SSSR count). The molecule has 1 saturated heterocycles. The van der Waals surface area contributed by atoms with Gasteiger partial charge >= 0.3 is 5.97 Å². The van der Waals surface area contributed by atoms with E-state index >= 15 is 0 Å². The minimum absolute atomic E-state index is 0.0174. The first-order valence-electron chi connectivity index (χ1n) is 4.04. The second-order valence-electron chi connectivity index (χ2n) is 3.48. The summed E-state index contributed by atoms with van der Waals surface area (Å²) >= 11 is 0. The molecule has 0 aromatic rings. The van der Waals surface area contributed by atoms with Crippen molar-refractivity contribution >= 4 is 11.9 Å². The van der Waals surface area contributed by atoms with Gasteiger partial charge in [-0.3, -0.25) is 9.59 Å². The Morgan fingerprint density at radius 3 is 2.58 bits per heavy atom. The third-order valence-corrected chi connectivity index (χ3v) is 2.18. The van der Waals surface area contributed by atoms with Gasteiger partial charge in [0, 0.05) is 0 Å². The number of amides is 1. The summed E-state index contributed by atoms with van der Waals surface area (Å²) in [6.45, 7) is 3.86. The number of hydrogen-bond acceptors (Lipinski definition) is 2. The van der Waals surface area contributed by atoms with Gasteiger partial charge in [0.15, 0.2) is 0 Å². The van der Waals surface area contributed by atoms with Gasteiger partial charge in [-0.15, -0.1) is 0 Å². The van der Waals surface area contributed by atoms with Gasteiger partial charge in [-0.05, 0) is 5.92 Å². The lowest BCUT2D eigenvalue weighted by Crippen LogP contribution is -2.60. The van der Waals surface area contributed by atoms with E-state index in [9.17, 15) is 9.59 Å². The van der Waals surface area contributed by atoms with Crippen molar-refractivity contribution in [2.75, 3.05) is 0 Å². The average molecular weight is 171 g/mol. The molecule has 0 spiro atoms. The Kier molecular flexibility index (Phi) is 2.35. The highest BCUT2D eigenvalue weighted by molar-refractivity contribution is 5.87. The van der Waals surface area contributed by atoms with Gasteiger partial charge in [0.2, 0.25) is 5.91 Å². The number of carbonyl (C=O) groups excluding carboxylic acids is 1.